The fourth-order valence-electron chi connectivity index (χ4n) is 5.31. The Morgan fingerprint density at radius 3 is 2.64 bits per heavy atom. The average Bonchev–Trinajstić information content (AvgIpc) is 3.34. The molecule has 33 heavy (non-hydrogen) atoms. The average molecular weight is 471 g/mol. The molecule has 2 aromatic carbocycles. The molecule has 0 bridgehead atoms. The molecule has 1 N–H and O–H groups in total. The van der Waals surface area contributed by atoms with Crippen LogP contribution < -0.4 is 14.8 Å². The summed E-state index contributed by atoms with van der Waals surface area (Å²) in [6.45, 7) is 4.82. The van der Waals surface area contributed by atoms with Gasteiger partial charge in [0.05, 0.1) is 29.9 Å². The summed E-state index contributed by atoms with van der Waals surface area (Å²) < 4.78 is 26.5. The van der Waals surface area contributed by atoms with E-state index in [1.54, 1.807) is 26.2 Å². The number of halogens is 2. The molecule has 3 atom stereocenters. The predicted molar refractivity (Wildman–Crippen MR) is 128 cm³/mol. The molecule has 0 radical (unpaired) electrons. The summed E-state index contributed by atoms with van der Waals surface area (Å²) in [4.78, 5) is 11.1. The molecule has 1 aliphatic heterocycles. The van der Waals surface area contributed by atoms with Crippen molar-refractivity contribution in [2.24, 2.45) is 17.8 Å². The number of rotatable bonds is 6. The number of hydrogen-bond donors (Lipinski definition) is 1. The van der Waals surface area contributed by atoms with E-state index in [1.807, 2.05) is 12.1 Å². The van der Waals surface area contributed by atoms with E-state index in [4.69, 9.17) is 21.1 Å². The molecule has 2 fully saturated rings. The van der Waals surface area contributed by atoms with Gasteiger partial charge in [0.15, 0.2) is 17.3 Å². The second kappa shape index (κ2) is 8.95. The summed E-state index contributed by atoms with van der Waals surface area (Å²) in [6, 6.07) is 7.11. The van der Waals surface area contributed by atoms with Crippen LogP contribution in [0.15, 0.2) is 30.6 Å². The maximum atomic E-state index is 14.6. The van der Waals surface area contributed by atoms with Crippen LogP contribution in [-0.4, -0.2) is 48.7 Å². The summed E-state index contributed by atoms with van der Waals surface area (Å²) >= 11 is 6.08. The number of ether oxygens (including phenoxy) is 2. The molecule has 0 amide bonds. The van der Waals surface area contributed by atoms with Crippen LogP contribution in [0.3, 0.4) is 0 Å². The van der Waals surface area contributed by atoms with E-state index in [9.17, 15) is 4.39 Å². The molecule has 5 rings (SSSR count). The summed E-state index contributed by atoms with van der Waals surface area (Å²) in [5.41, 5.74) is 1.61. The van der Waals surface area contributed by atoms with Gasteiger partial charge in [0.1, 0.15) is 12.1 Å². The normalized spacial score (nSPS) is 22.5. The molecule has 6 nitrogen and oxygen atoms in total. The number of aromatic nitrogens is 2. The van der Waals surface area contributed by atoms with Gasteiger partial charge in [0, 0.05) is 24.5 Å². The Kier molecular flexibility index (Phi) is 6.01. The second-order valence-corrected chi connectivity index (χ2v) is 9.69. The van der Waals surface area contributed by atoms with Gasteiger partial charge in [-0.2, -0.15) is 0 Å². The first kappa shape index (κ1) is 22.2. The zero-order chi connectivity index (χ0) is 23.1. The zero-order valence-corrected chi connectivity index (χ0v) is 19.8. The first-order chi connectivity index (χ1) is 15.9. The molecule has 2 aliphatic rings. The van der Waals surface area contributed by atoms with E-state index >= 15 is 0 Å². The lowest BCUT2D eigenvalue weighted by atomic mass is 10.0. The quantitative estimate of drug-likeness (QED) is 0.517. The minimum Gasteiger partial charge on any atom is -0.493 e. The number of likely N-dealkylation sites (tertiary alicyclic amines) is 1. The van der Waals surface area contributed by atoms with Crippen LogP contribution in [0.2, 0.25) is 5.02 Å². The van der Waals surface area contributed by atoms with Crippen LogP contribution in [0.1, 0.15) is 18.4 Å². The van der Waals surface area contributed by atoms with Crippen molar-refractivity contribution in [2.75, 3.05) is 39.2 Å². The van der Waals surface area contributed by atoms with Crippen molar-refractivity contribution in [1.82, 2.24) is 14.9 Å². The van der Waals surface area contributed by atoms with E-state index in [0.717, 1.165) is 11.8 Å². The van der Waals surface area contributed by atoms with Crippen LogP contribution in [0.4, 0.5) is 15.9 Å². The maximum absolute atomic E-state index is 14.6. The predicted octanol–water partition coefficient (Wildman–Crippen LogP) is 5.45. The van der Waals surface area contributed by atoms with Crippen LogP contribution in [0.25, 0.3) is 10.9 Å². The topological polar surface area (TPSA) is 59.5 Å². The van der Waals surface area contributed by atoms with Gasteiger partial charge in [-0.15, -0.1) is 0 Å². The van der Waals surface area contributed by atoms with E-state index in [0.29, 0.717) is 46.3 Å². The Labute approximate surface area is 198 Å². The first-order valence-corrected chi connectivity index (χ1v) is 11.7. The largest absolute Gasteiger partial charge is 0.493 e. The first-order valence-electron chi connectivity index (χ1n) is 11.3. The maximum Gasteiger partial charge on any atom is 0.165 e. The van der Waals surface area contributed by atoms with Crippen LogP contribution in [0, 0.1) is 30.5 Å². The summed E-state index contributed by atoms with van der Waals surface area (Å²) in [6.07, 6.45) is 3.88. The smallest absolute Gasteiger partial charge is 0.165 e. The number of aryl methyl sites for hydroxylation is 1. The molecular weight excluding hydrogens is 443 g/mol. The standard InChI is InChI=1S/C25H28ClFN4O2/c1-14-4-5-19(24(27)23(14)26)30-25-18-8-21(32-3)22(9-20(18)28-13-29-25)33-12-15-6-16-10-31(2)11-17(16)7-15/h4-5,8-9,13,15-17H,6-7,10-12H2,1-3H3,(H,28,29,30)/t15-,16-,17+. The second-order valence-electron chi connectivity index (χ2n) is 9.32. The number of methoxy groups -OCH3 is 1. The number of nitrogens with one attached hydrogen (secondary N) is 1. The summed E-state index contributed by atoms with van der Waals surface area (Å²) in [5, 5.41) is 3.84. The van der Waals surface area contributed by atoms with Crippen molar-refractivity contribution in [1.29, 1.82) is 0 Å². The van der Waals surface area contributed by atoms with Gasteiger partial charge in [-0.1, -0.05) is 17.7 Å². The molecule has 3 aromatic rings. The molecule has 1 aromatic heterocycles. The molecule has 0 spiro atoms. The fourth-order valence-corrected chi connectivity index (χ4v) is 5.47. The highest BCUT2D eigenvalue weighted by Gasteiger charge is 2.39. The van der Waals surface area contributed by atoms with Gasteiger partial charge >= 0.3 is 0 Å². The van der Waals surface area contributed by atoms with Gasteiger partial charge in [0.2, 0.25) is 0 Å². The SMILES string of the molecule is COc1cc2c(Nc3ccc(C)c(Cl)c3F)ncnc2cc1OC[C@@H]1C[C@@H]2CN(C)C[C@@H]2C1. The number of nitrogens with zero attached hydrogens (tertiary/aromatic N) is 3. The Morgan fingerprint density at radius 1 is 1.15 bits per heavy atom. The molecule has 1 saturated carbocycles. The molecular formula is C25H28ClFN4O2. The van der Waals surface area contributed by atoms with Crippen LogP contribution >= 0.6 is 11.6 Å². The fraction of sp³-hybridized carbons (Fsp3) is 0.440. The van der Waals surface area contributed by atoms with Gasteiger partial charge in [-0.05, 0) is 62.3 Å². The highest BCUT2D eigenvalue weighted by molar-refractivity contribution is 6.31. The van der Waals surface area contributed by atoms with Crippen LogP contribution in [0.5, 0.6) is 11.5 Å². The number of benzene rings is 2. The lowest BCUT2D eigenvalue weighted by Gasteiger charge is -2.17. The van der Waals surface area contributed by atoms with Gasteiger partial charge in [-0.25, -0.2) is 14.4 Å². The monoisotopic (exact) mass is 470 g/mol. The molecule has 8 heteroatoms. The van der Waals surface area contributed by atoms with Crippen molar-refractivity contribution < 1.29 is 13.9 Å². The van der Waals surface area contributed by atoms with E-state index in [2.05, 4.69) is 27.2 Å². The van der Waals surface area contributed by atoms with Crippen molar-refractivity contribution >= 4 is 34.0 Å². The van der Waals surface area contributed by atoms with E-state index in [1.165, 1.54) is 32.3 Å². The minimum atomic E-state index is -0.511. The molecule has 1 aliphatic carbocycles. The Balaban J connectivity index is 1.37. The Morgan fingerprint density at radius 2 is 1.91 bits per heavy atom. The van der Waals surface area contributed by atoms with E-state index in [-0.39, 0.29) is 10.7 Å². The van der Waals surface area contributed by atoms with Crippen LogP contribution in [-0.2, 0) is 0 Å². The third-order valence-corrected chi connectivity index (χ3v) is 7.42. The Bertz CT molecular complexity index is 1180. The van der Waals surface area contributed by atoms with Crippen molar-refractivity contribution in [2.45, 2.75) is 19.8 Å². The highest BCUT2D eigenvalue weighted by atomic mass is 35.5. The molecule has 174 valence electrons. The number of fused-ring (bicyclic) bond motifs is 2. The zero-order valence-electron chi connectivity index (χ0n) is 19.1. The van der Waals surface area contributed by atoms with Gasteiger partial charge in [0.25, 0.3) is 0 Å². The molecule has 2 heterocycles. The van der Waals surface area contributed by atoms with Gasteiger partial charge < -0.3 is 19.7 Å². The lowest BCUT2D eigenvalue weighted by molar-refractivity contribution is 0.227. The van der Waals surface area contributed by atoms with Crippen molar-refractivity contribution in [3.63, 3.8) is 0 Å². The Hall–Kier alpha value is -2.64. The third kappa shape index (κ3) is 4.32. The van der Waals surface area contributed by atoms with Gasteiger partial charge in [-0.3, -0.25) is 0 Å². The number of anilines is 2. The number of hydrogen-bond acceptors (Lipinski definition) is 6. The minimum absolute atomic E-state index is 0.0920. The molecule has 1 saturated heterocycles. The van der Waals surface area contributed by atoms with E-state index < -0.39 is 5.82 Å². The van der Waals surface area contributed by atoms with Crippen molar-refractivity contribution in [3.05, 3.63) is 47.0 Å². The lowest BCUT2D eigenvalue weighted by Crippen LogP contribution is -2.18. The molecule has 0 unspecified atom stereocenters. The highest BCUT2D eigenvalue weighted by Crippen LogP contribution is 2.42. The summed E-state index contributed by atoms with van der Waals surface area (Å²) in [7, 11) is 3.82. The third-order valence-electron chi connectivity index (χ3n) is 6.95. The summed E-state index contributed by atoms with van der Waals surface area (Å²) in [5.74, 6) is 3.36. The van der Waals surface area contributed by atoms with Crippen molar-refractivity contribution in [3.8, 4) is 11.5 Å².